The van der Waals surface area contributed by atoms with Crippen LogP contribution in [0.25, 0.3) is 0 Å². The van der Waals surface area contributed by atoms with E-state index < -0.39 is 12.0 Å². The Hall–Kier alpha value is -1.63. The highest BCUT2D eigenvalue weighted by molar-refractivity contribution is 5.85. The second-order valence-corrected chi connectivity index (χ2v) is 5.49. The van der Waals surface area contributed by atoms with Crippen LogP contribution in [0.2, 0.25) is 0 Å². The van der Waals surface area contributed by atoms with Gasteiger partial charge in [-0.1, -0.05) is 24.3 Å². The van der Waals surface area contributed by atoms with Crippen LogP contribution in [0.1, 0.15) is 24.0 Å². The minimum atomic E-state index is -0.848. The number of aliphatic carboxylic acids is 1. The van der Waals surface area contributed by atoms with Crippen LogP contribution < -0.4 is 5.32 Å². The van der Waals surface area contributed by atoms with Crippen molar-refractivity contribution in [2.75, 3.05) is 20.2 Å². The van der Waals surface area contributed by atoms with Gasteiger partial charge in [0, 0.05) is 13.7 Å². The highest BCUT2D eigenvalue weighted by Crippen LogP contribution is 2.16. The first-order chi connectivity index (χ1) is 10.6. The molecule has 1 saturated heterocycles. The smallest absolute Gasteiger partial charge is 0.320 e. The number of nitrogens with zero attached hydrogens (tertiary/aromatic N) is 1. The molecule has 1 aromatic carbocycles. The number of ether oxygens (including phenoxy) is 1. The molecule has 1 amide bonds. The molecule has 7 heteroatoms. The molecule has 0 saturated carbocycles. The summed E-state index contributed by atoms with van der Waals surface area (Å²) in [7, 11) is 1.65. The second-order valence-electron chi connectivity index (χ2n) is 5.49. The molecule has 1 atom stereocenters. The molecule has 0 radical (unpaired) electrons. The van der Waals surface area contributed by atoms with Crippen LogP contribution >= 0.6 is 12.4 Å². The van der Waals surface area contributed by atoms with Crippen LogP contribution in [0.3, 0.4) is 0 Å². The topological polar surface area (TPSA) is 78.9 Å². The molecule has 128 valence electrons. The lowest BCUT2D eigenvalue weighted by atomic mass is 10.1. The fourth-order valence-corrected chi connectivity index (χ4v) is 2.66. The van der Waals surface area contributed by atoms with Gasteiger partial charge in [-0.05, 0) is 30.5 Å². The van der Waals surface area contributed by atoms with Gasteiger partial charge >= 0.3 is 5.97 Å². The molecule has 0 unspecified atom stereocenters. The van der Waals surface area contributed by atoms with E-state index in [4.69, 9.17) is 9.84 Å². The normalized spacial score (nSPS) is 17.5. The second kappa shape index (κ2) is 9.50. The molecule has 2 N–H and O–H groups in total. The molecular formula is C16H23ClN2O4. The van der Waals surface area contributed by atoms with Gasteiger partial charge in [0.1, 0.15) is 6.04 Å². The van der Waals surface area contributed by atoms with E-state index in [-0.39, 0.29) is 24.9 Å². The Labute approximate surface area is 142 Å². The minimum Gasteiger partial charge on any atom is -0.480 e. The molecule has 0 bridgehead atoms. The van der Waals surface area contributed by atoms with Crippen LogP contribution in [0.4, 0.5) is 0 Å². The summed E-state index contributed by atoms with van der Waals surface area (Å²) in [6, 6.07) is 7.30. The fraction of sp³-hybridized carbons (Fsp3) is 0.500. The summed E-state index contributed by atoms with van der Waals surface area (Å²) in [5.74, 6) is -0.992. The van der Waals surface area contributed by atoms with E-state index in [0.29, 0.717) is 26.1 Å². The number of carboxylic acids is 1. The van der Waals surface area contributed by atoms with Crippen molar-refractivity contribution < 1.29 is 19.4 Å². The summed E-state index contributed by atoms with van der Waals surface area (Å²) < 4.78 is 5.05. The standard InChI is InChI=1S/C16H22N2O4.ClH/c1-22-11-13-6-4-12(5-7-13)9-17-15(19)10-18-8-2-3-14(18)16(20)21;/h4-7,14H,2-3,8-11H2,1H3,(H,17,19)(H,20,21);1H/t14-;/m0./s1. The van der Waals surface area contributed by atoms with Crippen molar-refractivity contribution >= 4 is 24.3 Å². The summed E-state index contributed by atoms with van der Waals surface area (Å²) in [6.45, 7) is 1.81. The molecule has 2 rings (SSSR count). The zero-order valence-corrected chi connectivity index (χ0v) is 14.0. The monoisotopic (exact) mass is 342 g/mol. The highest BCUT2D eigenvalue weighted by Gasteiger charge is 2.31. The largest absolute Gasteiger partial charge is 0.480 e. The van der Waals surface area contributed by atoms with Crippen molar-refractivity contribution in [3.63, 3.8) is 0 Å². The van der Waals surface area contributed by atoms with Gasteiger partial charge in [-0.3, -0.25) is 14.5 Å². The first kappa shape index (κ1) is 19.4. The predicted molar refractivity (Wildman–Crippen MR) is 88.5 cm³/mol. The summed E-state index contributed by atoms with van der Waals surface area (Å²) in [6.07, 6.45) is 1.44. The van der Waals surface area contributed by atoms with Crippen molar-refractivity contribution in [3.8, 4) is 0 Å². The zero-order chi connectivity index (χ0) is 15.9. The van der Waals surface area contributed by atoms with Crippen molar-refractivity contribution in [2.24, 2.45) is 0 Å². The Bertz CT molecular complexity index is 521. The zero-order valence-electron chi connectivity index (χ0n) is 13.2. The van der Waals surface area contributed by atoms with E-state index in [9.17, 15) is 9.59 Å². The molecule has 1 aliphatic heterocycles. The maximum atomic E-state index is 11.9. The number of benzene rings is 1. The van der Waals surface area contributed by atoms with E-state index in [1.165, 1.54) is 0 Å². The number of hydrogen-bond acceptors (Lipinski definition) is 4. The van der Waals surface area contributed by atoms with E-state index >= 15 is 0 Å². The van der Waals surface area contributed by atoms with Gasteiger partial charge in [0.05, 0.1) is 13.2 Å². The fourth-order valence-electron chi connectivity index (χ4n) is 2.66. The first-order valence-electron chi connectivity index (χ1n) is 7.40. The summed E-state index contributed by atoms with van der Waals surface area (Å²) >= 11 is 0. The average Bonchev–Trinajstić information content (AvgIpc) is 2.95. The molecule has 6 nitrogen and oxygen atoms in total. The Balaban J connectivity index is 0.00000264. The number of hydrogen-bond donors (Lipinski definition) is 2. The van der Waals surface area contributed by atoms with E-state index in [2.05, 4.69) is 5.32 Å². The third-order valence-corrected chi connectivity index (χ3v) is 3.82. The molecule has 1 fully saturated rings. The Morgan fingerprint density at radius 1 is 1.30 bits per heavy atom. The maximum Gasteiger partial charge on any atom is 0.320 e. The Kier molecular flexibility index (Phi) is 8.02. The Morgan fingerprint density at radius 3 is 2.57 bits per heavy atom. The van der Waals surface area contributed by atoms with Crippen LogP contribution in [-0.4, -0.2) is 48.1 Å². The average molecular weight is 343 g/mol. The number of carbonyl (C=O) groups excluding carboxylic acids is 1. The third-order valence-electron chi connectivity index (χ3n) is 3.82. The number of carboxylic acid groups (broad SMARTS) is 1. The summed E-state index contributed by atoms with van der Waals surface area (Å²) in [4.78, 5) is 24.7. The first-order valence-corrected chi connectivity index (χ1v) is 7.40. The lowest BCUT2D eigenvalue weighted by Crippen LogP contribution is -2.42. The number of amides is 1. The molecule has 0 spiro atoms. The van der Waals surface area contributed by atoms with Gasteiger partial charge in [-0.2, -0.15) is 0 Å². The van der Waals surface area contributed by atoms with Crippen LogP contribution in [-0.2, 0) is 27.5 Å². The number of nitrogens with one attached hydrogen (secondary N) is 1. The minimum absolute atomic E-state index is 0. The maximum absolute atomic E-state index is 11.9. The molecule has 0 aliphatic carbocycles. The molecule has 23 heavy (non-hydrogen) atoms. The van der Waals surface area contributed by atoms with Crippen molar-refractivity contribution in [3.05, 3.63) is 35.4 Å². The van der Waals surface area contributed by atoms with E-state index in [1.807, 2.05) is 24.3 Å². The van der Waals surface area contributed by atoms with Crippen LogP contribution in [0.15, 0.2) is 24.3 Å². The number of rotatable bonds is 7. The van der Waals surface area contributed by atoms with Gasteiger partial charge in [-0.15, -0.1) is 12.4 Å². The van der Waals surface area contributed by atoms with Crippen LogP contribution in [0.5, 0.6) is 0 Å². The summed E-state index contributed by atoms with van der Waals surface area (Å²) in [5.41, 5.74) is 2.09. The van der Waals surface area contributed by atoms with E-state index in [1.54, 1.807) is 12.0 Å². The molecule has 1 aliphatic rings. The number of halogens is 1. The number of carbonyl (C=O) groups is 2. The molecule has 1 heterocycles. The quantitative estimate of drug-likeness (QED) is 0.783. The molecule has 0 aromatic heterocycles. The highest BCUT2D eigenvalue weighted by atomic mass is 35.5. The molecular weight excluding hydrogens is 320 g/mol. The lowest BCUT2D eigenvalue weighted by Gasteiger charge is -2.20. The van der Waals surface area contributed by atoms with Gasteiger partial charge in [0.15, 0.2) is 0 Å². The number of methoxy groups -OCH3 is 1. The SMILES string of the molecule is COCc1ccc(CNC(=O)CN2CCC[C@H]2C(=O)O)cc1.Cl. The Morgan fingerprint density at radius 2 is 1.96 bits per heavy atom. The van der Waals surface area contributed by atoms with E-state index in [0.717, 1.165) is 17.5 Å². The lowest BCUT2D eigenvalue weighted by molar-refractivity contribution is -0.142. The van der Waals surface area contributed by atoms with Gasteiger partial charge in [-0.25, -0.2) is 0 Å². The van der Waals surface area contributed by atoms with Crippen LogP contribution in [0, 0.1) is 0 Å². The summed E-state index contributed by atoms with van der Waals surface area (Å²) in [5, 5.41) is 11.9. The predicted octanol–water partition coefficient (Wildman–Crippen LogP) is 1.42. The number of likely N-dealkylation sites (tertiary alicyclic amines) is 1. The molecule has 1 aromatic rings. The third kappa shape index (κ3) is 5.82. The van der Waals surface area contributed by atoms with Crippen molar-refractivity contribution in [1.82, 2.24) is 10.2 Å². The van der Waals surface area contributed by atoms with Crippen molar-refractivity contribution in [1.29, 1.82) is 0 Å². The van der Waals surface area contributed by atoms with Gasteiger partial charge in [0.25, 0.3) is 0 Å². The van der Waals surface area contributed by atoms with Gasteiger partial charge in [0.2, 0.25) is 5.91 Å². The van der Waals surface area contributed by atoms with Gasteiger partial charge < -0.3 is 15.2 Å². The van der Waals surface area contributed by atoms with Crippen molar-refractivity contribution in [2.45, 2.75) is 32.0 Å².